The number of carbonyl (C=O) groups excluding carboxylic acids is 2. The van der Waals surface area contributed by atoms with E-state index in [9.17, 15) is 9.59 Å². The third-order valence-electron chi connectivity index (χ3n) is 4.47. The van der Waals surface area contributed by atoms with Gasteiger partial charge >= 0.3 is 0 Å². The Morgan fingerprint density at radius 3 is 2.46 bits per heavy atom. The van der Waals surface area contributed by atoms with Crippen LogP contribution in [0.15, 0.2) is 42.5 Å². The van der Waals surface area contributed by atoms with Gasteiger partial charge in [-0.15, -0.1) is 11.8 Å². The molecule has 1 saturated heterocycles. The summed E-state index contributed by atoms with van der Waals surface area (Å²) in [5.74, 6) is 0.547. The summed E-state index contributed by atoms with van der Waals surface area (Å²) >= 11 is 1.63. The molecule has 3 rings (SSSR count). The highest BCUT2D eigenvalue weighted by molar-refractivity contribution is 8.00. The molecule has 0 aromatic heterocycles. The van der Waals surface area contributed by atoms with Gasteiger partial charge in [-0.25, -0.2) is 0 Å². The Balaban J connectivity index is 1.85. The molecule has 4 nitrogen and oxygen atoms in total. The minimum atomic E-state index is -0.0577. The molecule has 2 amide bonds. The standard InChI is InChI=1S/C21H24N2O2S/c1-13(2)20(25)22-17-8-6-16(7-9-17)21-23(19(24)12-26-21)18-10-5-14(3)11-15(18)4/h5-11,13,21H,12H2,1-4H3,(H,22,25). The molecular weight excluding hydrogens is 344 g/mol. The molecule has 1 heterocycles. The molecule has 26 heavy (non-hydrogen) atoms. The molecular formula is C21H24N2O2S. The highest BCUT2D eigenvalue weighted by Gasteiger charge is 2.34. The van der Waals surface area contributed by atoms with E-state index in [0.29, 0.717) is 5.75 Å². The van der Waals surface area contributed by atoms with Gasteiger partial charge in [0.25, 0.3) is 0 Å². The van der Waals surface area contributed by atoms with Crippen LogP contribution in [0.1, 0.15) is 35.9 Å². The first-order valence-electron chi connectivity index (χ1n) is 8.78. The van der Waals surface area contributed by atoms with Crippen molar-refractivity contribution in [1.82, 2.24) is 0 Å². The molecule has 0 bridgehead atoms. The van der Waals surface area contributed by atoms with Gasteiger partial charge in [-0.3, -0.25) is 14.5 Å². The lowest BCUT2D eigenvalue weighted by Gasteiger charge is -2.26. The third kappa shape index (κ3) is 3.78. The van der Waals surface area contributed by atoms with Gasteiger partial charge in [-0.2, -0.15) is 0 Å². The van der Waals surface area contributed by atoms with Crippen molar-refractivity contribution < 1.29 is 9.59 Å². The van der Waals surface area contributed by atoms with Gasteiger partial charge in [0.1, 0.15) is 5.37 Å². The number of nitrogens with zero attached hydrogens (tertiary/aromatic N) is 1. The van der Waals surface area contributed by atoms with Gasteiger partial charge in [0.15, 0.2) is 0 Å². The van der Waals surface area contributed by atoms with Crippen LogP contribution in [-0.4, -0.2) is 17.6 Å². The molecule has 0 radical (unpaired) electrons. The zero-order chi connectivity index (χ0) is 18.8. The number of rotatable bonds is 4. The van der Waals surface area contributed by atoms with E-state index in [-0.39, 0.29) is 23.1 Å². The number of benzene rings is 2. The van der Waals surface area contributed by atoms with Crippen molar-refractivity contribution in [1.29, 1.82) is 0 Å². The molecule has 1 atom stereocenters. The number of nitrogens with one attached hydrogen (secondary N) is 1. The molecule has 1 aliphatic heterocycles. The monoisotopic (exact) mass is 368 g/mol. The van der Waals surface area contributed by atoms with Gasteiger partial charge in [0.2, 0.25) is 11.8 Å². The quantitative estimate of drug-likeness (QED) is 0.853. The summed E-state index contributed by atoms with van der Waals surface area (Å²) in [6.45, 7) is 7.83. The molecule has 136 valence electrons. The summed E-state index contributed by atoms with van der Waals surface area (Å²) in [4.78, 5) is 26.3. The highest BCUT2D eigenvalue weighted by atomic mass is 32.2. The van der Waals surface area contributed by atoms with E-state index in [1.54, 1.807) is 11.8 Å². The molecule has 1 N–H and O–H groups in total. The zero-order valence-electron chi connectivity index (χ0n) is 15.6. The molecule has 2 aromatic rings. The lowest BCUT2D eigenvalue weighted by atomic mass is 10.1. The van der Waals surface area contributed by atoms with E-state index >= 15 is 0 Å². The Kier molecular flexibility index (Phi) is 5.37. The van der Waals surface area contributed by atoms with E-state index in [4.69, 9.17) is 0 Å². The van der Waals surface area contributed by atoms with Crippen LogP contribution < -0.4 is 10.2 Å². The largest absolute Gasteiger partial charge is 0.326 e. The molecule has 2 aromatic carbocycles. The fraction of sp³-hybridized carbons (Fsp3) is 0.333. The zero-order valence-corrected chi connectivity index (χ0v) is 16.4. The summed E-state index contributed by atoms with van der Waals surface area (Å²) in [7, 11) is 0. The predicted octanol–water partition coefficient (Wildman–Crippen LogP) is 4.68. The van der Waals surface area contributed by atoms with Gasteiger partial charge in [0, 0.05) is 17.3 Å². The van der Waals surface area contributed by atoms with Crippen molar-refractivity contribution in [3.63, 3.8) is 0 Å². The molecule has 1 unspecified atom stereocenters. The van der Waals surface area contributed by atoms with E-state index in [1.807, 2.05) is 62.1 Å². The van der Waals surface area contributed by atoms with Crippen molar-refractivity contribution in [2.45, 2.75) is 33.1 Å². The maximum atomic E-state index is 12.5. The van der Waals surface area contributed by atoms with Crippen LogP contribution in [0.3, 0.4) is 0 Å². The highest BCUT2D eigenvalue weighted by Crippen LogP contribution is 2.43. The van der Waals surface area contributed by atoms with E-state index < -0.39 is 0 Å². The van der Waals surface area contributed by atoms with Crippen molar-refractivity contribution in [3.8, 4) is 0 Å². The Morgan fingerprint density at radius 1 is 1.15 bits per heavy atom. The number of thioether (sulfide) groups is 1. The number of hydrogen-bond donors (Lipinski definition) is 1. The number of carbonyl (C=O) groups is 2. The molecule has 0 spiro atoms. The maximum absolute atomic E-state index is 12.5. The lowest BCUT2D eigenvalue weighted by Crippen LogP contribution is -2.28. The third-order valence-corrected chi connectivity index (χ3v) is 5.68. The molecule has 0 saturated carbocycles. The van der Waals surface area contributed by atoms with Crippen LogP contribution >= 0.6 is 11.8 Å². The minimum Gasteiger partial charge on any atom is -0.326 e. The molecule has 1 fully saturated rings. The summed E-state index contributed by atoms with van der Waals surface area (Å²) in [6.07, 6.45) is 0. The van der Waals surface area contributed by atoms with E-state index in [2.05, 4.69) is 18.3 Å². The molecule has 5 heteroatoms. The Hall–Kier alpha value is -2.27. The van der Waals surface area contributed by atoms with E-state index in [0.717, 1.165) is 22.5 Å². The van der Waals surface area contributed by atoms with Crippen LogP contribution in [-0.2, 0) is 9.59 Å². The summed E-state index contributed by atoms with van der Waals surface area (Å²) in [6, 6.07) is 14.0. The Morgan fingerprint density at radius 2 is 1.85 bits per heavy atom. The Bertz CT molecular complexity index is 830. The average molecular weight is 369 g/mol. The molecule has 0 aliphatic carbocycles. The SMILES string of the molecule is Cc1ccc(N2C(=O)CSC2c2ccc(NC(=O)C(C)C)cc2)c(C)c1. The second kappa shape index (κ2) is 7.54. The van der Waals surface area contributed by atoms with Gasteiger partial charge < -0.3 is 5.32 Å². The normalized spacial score (nSPS) is 17.0. The van der Waals surface area contributed by atoms with Crippen molar-refractivity contribution in [3.05, 3.63) is 59.2 Å². The second-order valence-corrected chi connectivity index (χ2v) is 8.05. The number of anilines is 2. The topological polar surface area (TPSA) is 49.4 Å². The van der Waals surface area contributed by atoms with Crippen molar-refractivity contribution in [2.24, 2.45) is 5.92 Å². The molecule has 1 aliphatic rings. The second-order valence-electron chi connectivity index (χ2n) is 6.98. The summed E-state index contributed by atoms with van der Waals surface area (Å²) in [5, 5.41) is 2.86. The van der Waals surface area contributed by atoms with Crippen LogP contribution in [0.4, 0.5) is 11.4 Å². The minimum absolute atomic E-state index is 0.0000702. The van der Waals surface area contributed by atoms with Gasteiger partial charge in [-0.05, 0) is 43.2 Å². The lowest BCUT2D eigenvalue weighted by molar-refractivity contribution is -0.119. The van der Waals surface area contributed by atoms with Gasteiger partial charge in [0.05, 0.1) is 5.75 Å². The summed E-state index contributed by atoms with van der Waals surface area (Å²) < 4.78 is 0. The van der Waals surface area contributed by atoms with Crippen molar-refractivity contribution >= 4 is 35.0 Å². The first kappa shape index (κ1) is 18.5. The fourth-order valence-corrected chi connectivity index (χ4v) is 4.19. The number of aryl methyl sites for hydroxylation is 2. The first-order valence-corrected chi connectivity index (χ1v) is 9.83. The number of amides is 2. The summed E-state index contributed by atoms with van der Waals surface area (Å²) in [5.41, 5.74) is 5.09. The van der Waals surface area contributed by atoms with Crippen LogP contribution in [0.5, 0.6) is 0 Å². The maximum Gasteiger partial charge on any atom is 0.238 e. The Labute approximate surface area is 159 Å². The van der Waals surface area contributed by atoms with Crippen LogP contribution in [0.2, 0.25) is 0 Å². The predicted molar refractivity (Wildman–Crippen MR) is 109 cm³/mol. The van der Waals surface area contributed by atoms with Crippen LogP contribution in [0, 0.1) is 19.8 Å². The fourth-order valence-electron chi connectivity index (χ4n) is 3.02. The van der Waals surface area contributed by atoms with Crippen molar-refractivity contribution in [2.75, 3.05) is 16.0 Å². The van der Waals surface area contributed by atoms with Crippen LogP contribution in [0.25, 0.3) is 0 Å². The van der Waals surface area contributed by atoms with Gasteiger partial charge in [-0.1, -0.05) is 43.7 Å². The number of hydrogen-bond acceptors (Lipinski definition) is 3. The van der Waals surface area contributed by atoms with E-state index in [1.165, 1.54) is 5.56 Å². The smallest absolute Gasteiger partial charge is 0.238 e. The average Bonchev–Trinajstić information content (AvgIpc) is 2.97. The first-order chi connectivity index (χ1) is 12.4.